The lowest BCUT2D eigenvalue weighted by molar-refractivity contribution is -0.129. The van der Waals surface area contributed by atoms with Gasteiger partial charge in [-0.2, -0.15) is 0 Å². The smallest absolute Gasteiger partial charge is 0.268 e. The Hall–Kier alpha value is -2.82. The zero-order chi connectivity index (χ0) is 17.8. The van der Waals surface area contributed by atoms with Crippen LogP contribution in [0.2, 0.25) is 0 Å². The minimum absolute atomic E-state index is 0.0119. The second-order valence-electron chi connectivity index (χ2n) is 6.17. The molecule has 1 atom stereocenters. The topological polar surface area (TPSA) is 58.6 Å². The second kappa shape index (κ2) is 7.38. The monoisotopic (exact) mass is 338 g/mol. The molecule has 0 bridgehead atoms. The van der Waals surface area contributed by atoms with Gasteiger partial charge in [0.1, 0.15) is 12.3 Å². The summed E-state index contributed by atoms with van der Waals surface area (Å²) in [5.74, 6) is 0.282. The molecule has 25 heavy (non-hydrogen) atoms. The first kappa shape index (κ1) is 17.0. The molecular weight excluding hydrogens is 316 g/mol. The van der Waals surface area contributed by atoms with Crippen molar-refractivity contribution in [3.63, 3.8) is 0 Å². The highest BCUT2D eigenvalue weighted by Crippen LogP contribution is 2.35. The molecule has 1 heterocycles. The number of aryl methyl sites for hydroxylation is 1. The Morgan fingerprint density at radius 2 is 1.96 bits per heavy atom. The van der Waals surface area contributed by atoms with Gasteiger partial charge < -0.3 is 10.1 Å². The van der Waals surface area contributed by atoms with Gasteiger partial charge in [-0.25, -0.2) is 0 Å². The quantitative estimate of drug-likeness (QED) is 0.912. The van der Waals surface area contributed by atoms with Crippen LogP contribution in [0.3, 0.4) is 0 Å². The lowest BCUT2D eigenvalue weighted by Gasteiger charge is -2.33. The van der Waals surface area contributed by atoms with Crippen molar-refractivity contribution < 1.29 is 14.3 Å². The first-order chi connectivity index (χ1) is 12.1. The lowest BCUT2D eigenvalue weighted by Crippen LogP contribution is -2.49. The van der Waals surface area contributed by atoms with Crippen LogP contribution in [0.15, 0.2) is 48.5 Å². The molecule has 0 aromatic heterocycles. The maximum Gasteiger partial charge on any atom is 0.268 e. The van der Waals surface area contributed by atoms with E-state index < -0.39 is 6.10 Å². The van der Waals surface area contributed by atoms with E-state index in [1.165, 1.54) is 4.90 Å². The van der Waals surface area contributed by atoms with Crippen molar-refractivity contribution in [1.29, 1.82) is 0 Å². The molecule has 3 rings (SSSR count). The summed E-state index contributed by atoms with van der Waals surface area (Å²) in [6, 6.07) is 15.4. The molecule has 0 fully saturated rings. The largest absolute Gasteiger partial charge is 0.478 e. The molecule has 1 aliphatic rings. The van der Waals surface area contributed by atoms with E-state index in [4.69, 9.17) is 4.74 Å². The third kappa shape index (κ3) is 3.82. The summed E-state index contributed by atoms with van der Waals surface area (Å²) in [5.41, 5.74) is 2.69. The van der Waals surface area contributed by atoms with E-state index in [1.54, 1.807) is 0 Å². The molecule has 1 aliphatic heterocycles. The van der Waals surface area contributed by atoms with Gasteiger partial charge in [0.2, 0.25) is 5.91 Å². The fourth-order valence-electron chi connectivity index (χ4n) is 2.85. The van der Waals surface area contributed by atoms with Crippen LogP contribution in [0, 0.1) is 6.92 Å². The van der Waals surface area contributed by atoms with Gasteiger partial charge in [-0.05, 0) is 36.6 Å². The number of hydrogen-bond acceptors (Lipinski definition) is 3. The van der Waals surface area contributed by atoms with Gasteiger partial charge in [-0.3, -0.25) is 14.5 Å². The predicted molar refractivity (Wildman–Crippen MR) is 96.5 cm³/mol. The van der Waals surface area contributed by atoms with Crippen molar-refractivity contribution in [3.8, 4) is 5.75 Å². The van der Waals surface area contributed by atoms with Crippen molar-refractivity contribution in [2.75, 3.05) is 11.4 Å². The van der Waals surface area contributed by atoms with Crippen LogP contribution in [0.5, 0.6) is 5.75 Å². The SMILES string of the molecule is CCC1Oc2ccc(C)cc2N(CC(=O)NCc2ccccc2)C1=O. The van der Waals surface area contributed by atoms with Gasteiger partial charge in [-0.1, -0.05) is 43.3 Å². The van der Waals surface area contributed by atoms with E-state index in [0.29, 0.717) is 24.4 Å². The molecule has 5 nitrogen and oxygen atoms in total. The predicted octanol–water partition coefficient (Wildman–Crippen LogP) is 2.82. The van der Waals surface area contributed by atoms with Crippen molar-refractivity contribution in [3.05, 3.63) is 59.7 Å². The highest BCUT2D eigenvalue weighted by Gasteiger charge is 2.34. The molecule has 1 unspecified atom stereocenters. The summed E-state index contributed by atoms with van der Waals surface area (Å²) in [6.07, 6.45) is 0.0194. The molecule has 2 aromatic rings. The van der Waals surface area contributed by atoms with Gasteiger partial charge in [0, 0.05) is 6.54 Å². The lowest BCUT2D eigenvalue weighted by atomic mass is 10.1. The average Bonchev–Trinajstić information content (AvgIpc) is 2.63. The molecule has 2 amide bonds. The zero-order valence-corrected chi connectivity index (χ0v) is 14.5. The molecule has 0 saturated heterocycles. The number of ether oxygens (including phenoxy) is 1. The standard InChI is InChI=1S/C20H22N2O3/c1-3-17-20(24)22(16-11-14(2)9-10-18(16)25-17)13-19(23)21-12-15-7-5-4-6-8-15/h4-11,17H,3,12-13H2,1-2H3,(H,21,23). The van der Waals surface area contributed by atoms with Crippen LogP contribution in [-0.4, -0.2) is 24.5 Å². The Morgan fingerprint density at radius 3 is 2.68 bits per heavy atom. The van der Waals surface area contributed by atoms with Crippen molar-refractivity contribution >= 4 is 17.5 Å². The molecule has 0 aliphatic carbocycles. The minimum atomic E-state index is -0.544. The van der Waals surface area contributed by atoms with Crippen LogP contribution in [0.25, 0.3) is 0 Å². The maximum absolute atomic E-state index is 12.7. The Morgan fingerprint density at radius 1 is 1.20 bits per heavy atom. The first-order valence-electron chi connectivity index (χ1n) is 8.47. The van der Waals surface area contributed by atoms with Gasteiger partial charge in [0.05, 0.1) is 5.69 Å². The van der Waals surface area contributed by atoms with Gasteiger partial charge in [-0.15, -0.1) is 0 Å². The molecular formula is C20H22N2O3. The van der Waals surface area contributed by atoms with Gasteiger partial charge in [0.25, 0.3) is 5.91 Å². The van der Waals surface area contributed by atoms with E-state index >= 15 is 0 Å². The summed E-state index contributed by atoms with van der Waals surface area (Å²) in [6.45, 7) is 4.28. The van der Waals surface area contributed by atoms with Crippen LogP contribution in [0.1, 0.15) is 24.5 Å². The summed E-state index contributed by atoms with van der Waals surface area (Å²) in [4.78, 5) is 26.6. The Balaban J connectivity index is 1.74. The van der Waals surface area contributed by atoms with Crippen molar-refractivity contribution in [1.82, 2.24) is 5.32 Å². The number of fused-ring (bicyclic) bond motifs is 1. The summed E-state index contributed by atoms with van der Waals surface area (Å²) in [7, 11) is 0. The number of anilines is 1. The molecule has 130 valence electrons. The number of amides is 2. The van der Waals surface area contributed by atoms with E-state index in [2.05, 4.69) is 5.32 Å². The number of carbonyl (C=O) groups excluding carboxylic acids is 2. The van der Waals surface area contributed by atoms with Crippen molar-refractivity contribution in [2.24, 2.45) is 0 Å². The van der Waals surface area contributed by atoms with Crippen LogP contribution in [-0.2, 0) is 16.1 Å². The Labute approximate surface area is 147 Å². The number of rotatable bonds is 5. The van der Waals surface area contributed by atoms with Crippen LogP contribution in [0.4, 0.5) is 5.69 Å². The molecule has 1 N–H and O–H groups in total. The van der Waals surface area contributed by atoms with Crippen LogP contribution < -0.4 is 15.0 Å². The Bertz CT molecular complexity index is 774. The number of nitrogens with zero attached hydrogens (tertiary/aromatic N) is 1. The molecule has 5 heteroatoms. The first-order valence-corrected chi connectivity index (χ1v) is 8.47. The van der Waals surface area contributed by atoms with Crippen LogP contribution >= 0.6 is 0 Å². The van der Waals surface area contributed by atoms with Gasteiger partial charge >= 0.3 is 0 Å². The number of hydrogen-bond donors (Lipinski definition) is 1. The normalized spacial score (nSPS) is 16.2. The summed E-state index contributed by atoms with van der Waals surface area (Å²) >= 11 is 0. The Kier molecular flexibility index (Phi) is 5.03. The zero-order valence-electron chi connectivity index (χ0n) is 14.5. The summed E-state index contributed by atoms with van der Waals surface area (Å²) in [5, 5.41) is 2.87. The highest BCUT2D eigenvalue weighted by atomic mass is 16.5. The molecule has 2 aromatic carbocycles. The van der Waals surface area contributed by atoms with E-state index in [1.807, 2.05) is 62.4 Å². The van der Waals surface area contributed by atoms with Crippen molar-refractivity contribution in [2.45, 2.75) is 32.9 Å². The number of nitrogens with one attached hydrogen (secondary N) is 1. The fraction of sp³-hybridized carbons (Fsp3) is 0.300. The maximum atomic E-state index is 12.7. The highest BCUT2D eigenvalue weighted by molar-refractivity contribution is 6.03. The van der Waals surface area contributed by atoms with E-state index in [-0.39, 0.29) is 18.4 Å². The third-order valence-corrected chi connectivity index (χ3v) is 4.22. The molecule has 0 saturated carbocycles. The van der Waals surface area contributed by atoms with E-state index in [9.17, 15) is 9.59 Å². The second-order valence-corrected chi connectivity index (χ2v) is 6.17. The minimum Gasteiger partial charge on any atom is -0.478 e. The fourth-order valence-corrected chi connectivity index (χ4v) is 2.85. The number of carbonyl (C=O) groups is 2. The number of benzene rings is 2. The van der Waals surface area contributed by atoms with E-state index in [0.717, 1.165) is 11.1 Å². The molecule has 0 radical (unpaired) electrons. The average molecular weight is 338 g/mol. The third-order valence-electron chi connectivity index (χ3n) is 4.22. The summed E-state index contributed by atoms with van der Waals surface area (Å²) < 4.78 is 5.77. The van der Waals surface area contributed by atoms with Gasteiger partial charge in [0.15, 0.2) is 6.10 Å². The molecule has 0 spiro atoms.